The summed E-state index contributed by atoms with van der Waals surface area (Å²) in [5.41, 5.74) is -1.52. The summed E-state index contributed by atoms with van der Waals surface area (Å²) in [7, 11) is 0. The first-order valence-corrected chi connectivity index (χ1v) is 18.0. The minimum Gasteiger partial charge on any atom is -0.488 e. The molecule has 0 radical (unpaired) electrons. The second-order valence-electron chi connectivity index (χ2n) is 14.9. The molecule has 11 heteroatoms. The summed E-state index contributed by atoms with van der Waals surface area (Å²) in [5.74, 6) is 2.55. The van der Waals surface area contributed by atoms with Crippen LogP contribution >= 0.6 is 11.3 Å². The van der Waals surface area contributed by atoms with Crippen molar-refractivity contribution in [2.24, 2.45) is 4.99 Å². The van der Waals surface area contributed by atoms with Gasteiger partial charge in [-0.3, -0.25) is 0 Å². The molecule has 10 nitrogen and oxygen atoms in total. The van der Waals surface area contributed by atoms with Crippen LogP contribution in [0, 0.1) is 12.0 Å². The molecule has 0 atom stereocenters. The molecule has 4 rings (SSSR count). The van der Waals surface area contributed by atoms with Crippen LogP contribution in [0.2, 0.25) is 0 Å². The molecule has 0 bridgehead atoms. The molecule has 282 valence electrons. The van der Waals surface area contributed by atoms with E-state index in [0.29, 0.717) is 34.9 Å². The minimum absolute atomic E-state index is 0.230. The third-order valence-corrected chi connectivity index (χ3v) is 8.53. The third kappa shape index (κ3) is 12.5. The van der Waals surface area contributed by atoms with Gasteiger partial charge < -0.3 is 23.7 Å². The summed E-state index contributed by atoms with van der Waals surface area (Å²) >= 11 is 1.46. The highest BCUT2D eigenvalue weighted by Gasteiger charge is 2.34. The number of thiazole rings is 1. The summed E-state index contributed by atoms with van der Waals surface area (Å²) in [6, 6.07) is 22.1. The summed E-state index contributed by atoms with van der Waals surface area (Å²) in [5, 5.41) is 0.620. The molecule has 0 unspecified atom stereocenters. The average Bonchev–Trinajstić information content (AvgIpc) is 3.49. The van der Waals surface area contributed by atoms with Gasteiger partial charge in [0.25, 0.3) is 0 Å². The maximum Gasteiger partial charge on any atom is 0.343 e. The second kappa shape index (κ2) is 16.9. The van der Waals surface area contributed by atoms with Crippen LogP contribution in [0.1, 0.15) is 89.2 Å². The summed E-state index contributed by atoms with van der Waals surface area (Å²) in [4.78, 5) is 45.9. The number of aliphatic imine (C=N–C) groups is 1. The number of hydrogen-bond acceptors (Lipinski definition) is 11. The Kier molecular flexibility index (Phi) is 12.9. The van der Waals surface area contributed by atoms with E-state index in [1.165, 1.54) is 17.6 Å². The highest BCUT2D eigenvalue weighted by atomic mass is 32.1. The van der Waals surface area contributed by atoms with Crippen molar-refractivity contribution in [1.82, 2.24) is 4.98 Å². The molecule has 0 fully saturated rings. The quantitative estimate of drug-likeness (QED) is 0.0385. The Balaban J connectivity index is 1.54. The van der Waals surface area contributed by atoms with Crippen molar-refractivity contribution in [2.45, 2.75) is 90.6 Å². The van der Waals surface area contributed by atoms with E-state index < -0.39 is 40.3 Å². The van der Waals surface area contributed by atoms with Crippen LogP contribution in [0.5, 0.6) is 17.2 Å². The van der Waals surface area contributed by atoms with Crippen molar-refractivity contribution in [3.63, 3.8) is 0 Å². The zero-order valence-corrected chi connectivity index (χ0v) is 32.8. The van der Waals surface area contributed by atoms with E-state index in [0.717, 1.165) is 22.4 Å². The van der Waals surface area contributed by atoms with Crippen LogP contribution in [-0.2, 0) is 19.1 Å². The fourth-order valence-corrected chi connectivity index (χ4v) is 6.98. The number of esters is 3. The van der Waals surface area contributed by atoms with Gasteiger partial charge in [-0.25, -0.2) is 24.4 Å². The number of para-hydroxylation sites is 1. The molecule has 4 aromatic rings. The van der Waals surface area contributed by atoms with Gasteiger partial charge in [-0.2, -0.15) is 0 Å². The molecule has 0 saturated carbocycles. The van der Waals surface area contributed by atoms with E-state index in [4.69, 9.17) is 23.7 Å². The molecule has 1 aromatic heterocycles. The Morgan fingerprint density at radius 2 is 1.31 bits per heavy atom. The molecule has 0 saturated heterocycles. The van der Waals surface area contributed by atoms with E-state index in [2.05, 4.69) is 35.1 Å². The van der Waals surface area contributed by atoms with Gasteiger partial charge in [0.1, 0.15) is 39.7 Å². The molecule has 1 heterocycles. The first kappa shape index (κ1) is 41.0. The summed E-state index contributed by atoms with van der Waals surface area (Å²) in [6.45, 7) is 21.7. The Morgan fingerprint density at radius 1 is 0.759 bits per heavy atom. The molecule has 3 aromatic carbocycles. The number of benzene rings is 3. The largest absolute Gasteiger partial charge is 0.488 e. The molecular formula is C43H46N2O8S. The lowest BCUT2D eigenvalue weighted by Crippen LogP contribution is -2.40. The lowest BCUT2D eigenvalue weighted by Gasteiger charge is -2.35. The van der Waals surface area contributed by atoms with Crippen molar-refractivity contribution < 1.29 is 38.1 Å². The maximum absolute atomic E-state index is 13.4. The van der Waals surface area contributed by atoms with Crippen LogP contribution in [0.15, 0.2) is 97.0 Å². The number of hydrogen-bond donors (Lipinski definition) is 0. The molecule has 0 spiro atoms. The highest BCUT2D eigenvalue weighted by molar-refractivity contribution is 7.19. The topological polar surface area (TPSA) is 123 Å². The zero-order valence-electron chi connectivity index (χ0n) is 32.0. The van der Waals surface area contributed by atoms with Crippen LogP contribution in [0.3, 0.4) is 0 Å². The Bertz CT molecular complexity index is 2080. The fraction of sp³-hybridized carbons (Fsp3) is 0.326. The van der Waals surface area contributed by atoms with E-state index in [1.54, 1.807) is 70.2 Å². The molecule has 0 amide bonds. The monoisotopic (exact) mass is 750 g/mol. The molecule has 0 aliphatic rings. The average molecular weight is 751 g/mol. The number of nitrogens with zero attached hydrogens (tertiary/aromatic N) is 2. The standard InChI is InChI=1S/C43H46N2O8S/c1-11-37(46)52-42(7,8)27-40(3,4)50-31-19-17-29(18-20-31)39(48)49-34-22-21-32(51-41(5,6)28-43(9,10)53-38(47)12-2)25-30(34)26-44-24-23-36-45-33-15-13-14-16-35(33)54-36/h11-22,25-26H,1-2,27-28H2,3-10H3/b44-26+. The Morgan fingerprint density at radius 3 is 1.89 bits per heavy atom. The molecule has 0 aliphatic carbocycles. The van der Waals surface area contributed by atoms with Gasteiger partial charge in [0.15, 0.2) is 5.01 Å². The molecule has 0 aliphatic heterocycles. The van der Waals surface area contributed by atoms with Gasteiger partial charge in [0, 0.05) is 42.8 Å². The zero-order chi connectivity index (χ0) is 39.7. The molecular weight excluding hydrogens is 705 g/mol. The fourth-order valence-electron chi connectivity index (χ4n) is 6.17. The van der Waals surface area contributed by atoms with Crippen molar-refractivity contribution in [3.05, 3.63) is 108 Å². The van der Waals surface area contributed by atoms with E-state index in [9.17, 15) is 14.4 Å². The number of carbonyl (C=O) groups excluding carboxylic acids is 3. The SMILES string of the molecule is C=CC(=O)OC(C)(C)CC(C)(C)Oc1ccc(C(=O)Oc2ccc(OC(C)(C)CC(C)(C)OC(=O)C=C)cc2/C=N/C#Cc2nc3ccccc3s2)cc1. The van der Waals surface area contributed by atoms with Crippen molar-refractivity contribution in [3.8, 4) is 29.2 Å². The maximum atomic E-state index is 13.4. The minimum atomic E-state index is -0.835. The Hall–Kier alpha value is -5.73. The third-order valence-electron chi connectivity index (χ3n) is 7.58. The predicted octanol–water partition coefficient (Wildman–Crippen LogP) is 9.05. The second-order valence-corrected chi connectivity index (χ2v) is 16.0. The van der Waals surface area contributed by atoms with E-state index >= 15 is 0 Å². The van der Waals surface area contributed by atoms with Crippen LogP contribution in [0.25, 0.3) is 10.2 Å². The first-order valence-electron chi connectivity index (χ1n) is 17.2. The summed E-state index contributed by atoms with van der Waals surface area (Å²) < 4.78 is 30.4. The van der Waals surface area contributed by atoms with Crippen molar-refractivity contribution >= 4 is 45.7 Å². The normalized spacial score (nSPS) is 12.0. The lowest BCUT2D eigenvalue weighted by molar-refractivity contribution is -0.155. The summed E-state index contributed by atoms with van der Waals surface area (Å²) in [6.07, 6.45) is 4.51. The number of aromatic nitrogens is 1. The smallest absolute Gasteiger partial charge is 0.343 e. The van der Waals surface area contributed by atoms with Crippen molar-refractivity contribution in [2.75, 3.05) is 0 Å². The van der Waals surface area contributed by atoms with Gasteiger partial charge >= 0.3 is 17.9 Å². The van der Waals surface area contributed by atoms with Crippen molar-refractivity contribution in [1.29, 1.82) is 0 Å². The van der Waals surface area contributed by atoms with Gasteiger partial charge in [0.2, 0.25) is 0 Å². The number of carbonyl (C=O) groups is 3. The molecule has 0 N–H and O–H groups in total. The van der Waals surface area contributed by atoms with Crippen LogP contribution < -0.4 is 14.2 Å². The van der Waals surface area contributed by atoms with Crippen LogP contribution in [-0.4, -0.2) is 51.5 Å². The lowest BCUT2D eigenvalue weighted by atomic mass is 9.92. The van der Waals surface area contributed by atoms with Gasteiger partial charge in [-0.15, -0.1) is 11.3 Å². The van der Waals surface area contributed by atoms with E-state index in [1.807, 2.05) is 52.0 Å². The number of rotatable bonds is 15. The van der Waals surface area contributed by atoms with Gasteiger partial charge in [-0.05, 0) is 116 Å². The number of fused-ring (bicyclic) bond motifs is 1. The molecule has 54 heavy (non-hydrogen) atoms. The predicted molar refractivity (Wildman–Crippen MR) is 211 cm³/mol. The number of ether oxygens (including phenoxy) is 5. The van der Waals surface area contributed by atoms with Gasteiger partial charge in [-0.1, -0.05) is 25.3 Å². The van der Waals surface area contributed by atoms with Gasteiger partial charge in [0.05, 0.1) is 15.8 Å². The first-order chi connectivity index (χ1) is 25.3. The Labute approximate surface area is 320 Å². The van der Waals surface area contributed by atoms with E-state index in [-0.39, 0.29) is 11.3 Å². The van der Waals surface area contributed by atoms with Crippen LogP contribution in [0.4, 0.5) is 0 Å². The highest BCUT2D eigenvalue weighted by Crippen LogP contribution is 2.32.